The van der Waals surface area contributed by atoms with Crippen LogP contribution < -0.4 is 0 Å². The van der Waals surface area contributed by atoms with Crippen molar-refractivity contribution in [3.8, 4) is 0 Å². The minimum absolute atomic E-state index is 0.156. The van der Waals surface area contributed by atoms with Gasteiger partial charge in [-0.05, 0) is 19.8 Å². The Hall–Kier alpha value is -1.20. The molecule has 0 aliphatic rings. The number of rotatable bonds is 14. The molecule has 0 heterocycles. The molecule has 0 aromatic rings. The average molecular weight is 357 g/mol. The fourth-order valence-corrected chi connectivity index (χ4v) is 3.02. The van der Waals surface area contributed by atoms with Gasteiger partial charge in [0, 0.05) is 25.7 Å². The fraction of sp³-hybridized carbons (Fsp3) is 0.800. The highest BCUT2D eigenvalue weighted by molar-refractivity contribution is 5.95. The SMILES string of the molecule is C=C(C)C(=O)OC(=O)C(CCCCCCCC)C(CC)C(OC)OC. The van der Waals surface area contributed by atoms with Crippen LogP contribution in [-0.4, -0.2) is 32.4 Å². The normalized spacial score (nSPS) is 13.5. The van der Waals surface area contributed by atoms with Crippen LogP contribution in [0.15, 0.2) is 12.2 Å². The molecular formula is C20H36O5. The van der Waals surface area contributed by atoms with Crippen molar-refractivity contribution in [1.29, 1.82) is 0 Å². The van der Waals surface area contributed by atoms with Gasteiger partial charge in [0.15, 0.2) is 6.29 Å². The van der Waals surface area contributed by atoms with Crippen molar-refractivity contribution in [3.05, 3.63) is 12.2 Å². The first-order valence-corrected chi connectivity index (χ1v) is 9.39. The van der Waals surface area contributed by atoms with E-state index in [2.05, 4.69) is 13.5 Å². The summed E-state index contributed by atoms with van der Waals surface area (Å²) >= 11 is 0. The molecule has 0 saturated heterocycles. The smallest absolute Gasteiger partial charge is 0.340 e. The van der Waals surface area contributed by atoms with Gasteiger partial charge in [-0.3, -0.25) is 4.79 Å². The van der Waals surface area contributed by atoms with Gasteiger partial charge in [0.05, 0.1) is 5.92 Å². The van der Waals surface area contributed by atoms with Gasteiger partial charge in [-0.25, -0.2) is 4.79 Å². The maximum absolute atomic E-state index is 12.6. The molecule has 25 heavy (non-hydrogen) atoms. The second-order valence-electron chi connectivity index (χ2n) is 6.56. The van der Waals surface area contributed by atoms with Crippen molar-refractivity contribution in [1.82, 2.24) is 0 Å². The second kappa shape index (κ2) is 14.0. The van der Waals surface area contributed by atoms with E-state index in [-0.39, 0.29) is 11.5 Å². The highest BCUT2D eigenvalue weighted by Crippen LogP contribution is 2.29. The maximum Gasteiger partial charge on any atom is 0.340 e. The van der Waals surface area contributed by atoms with Gasteiger partial charge >= 0.3 is 11.9 Å². The van der Waals surface area contributed by atoms with E-state index in [1.165, 1.54) is 26.2 Å². The number of methoxy groups -OCH3 is 2. The Kier molecular flexibility index (Phi) is 13.3. The van der Waals surface area contributed by atoms with E-state index in [9.17, 15) is 9.59 Å². The first kappa shape index (κ1) is 23.8. The van der Waals surface area contributed by atoms with E-state index >= 15 is 0 Å². The highest BCUT2D eigenvalue weighted by Gasteiger charge is 2.35. The van der Waals surface area contributed by atoms with Crippen LogP contribution in [0.3, 0.4) is 0 Å². The van der Waals surface area contributed by atoms with Crippen LogP contribution >= 0.6 is 0 Å². The predicted molar refractivity (Wildman–Crippen MR) is 99.0 cm³/mol. The maximum atomic E-state index is 12.6. The Morgan fingerprint density at radius 2 is 1.52 bits per heavy atom. The first-order chi connectivity index (χ1) is 11.9. The lowest BCUT2D eigenvalue weighted by molar-refractivity contribution is -0.176. The molecule has 0 aliphatic carbocycles. The number of hydrogen-bond donors (Lipinski definition) is 0. The third-order valence-electron chi connectivity index (χ3n) is 4.52. The molecule has 0 aliphatic heterocycles. The van der Waals surface area contributed by atoms with Crippen LogP contribution in [0.5, 0.6) is 0 Å². The number of ether oxygens (including phenoxy) is 3. The Labute approximate surface area is 153 Å². The summed E-state index contributed by atoms with van der Waals surface area (Å²) in [5.41, 5.74) is 0.217. The van der Waals surface area contributed by atoms with E-state index in [1.807, 2.05) is 6.92 Å². The number of carbonyl (C=O) groups excluding carboxylic acids is 2. The third-order valence-corrected chi connectivity index (χ3v) is 4.52. The zero-order chi connectivity index (χ0) is 19.2. The molecule has 0 spiro atoms. The molecule has 0 amide bonds. The molecule has 5 nitrogen and oxygen atoms in total. The Morgan fingerprint density at radius 1 is 0.960 bits per heavy atom. The van der Waals surface area contributed by atoms with Crippen molar-refractivity contribution < 1.29 is 23.8 Å². The molecule has 146 valence electrons. The van der Waals surface area contributed by atoms with E-state index < -0.39 is 24.1 Å². The monoisotopic (exact) mass is 356 g/mol. The molecule has 2 atom stereocenters. The molecule has 0 bridgehead atoms. The lowest BCUT2D eigenvalue weighted by atomic mass is 9.85. The summed E-state index contributed by atoms with van der Waals surface area (Å²) in [6.07, 6.45) is 7.68. The van der Waals surface area contributed by atoms with E-state index in [4.69, 9.17) is 14.2 Å². The molecular weight excluding hydrogens is 320 g/mol. The summed E-state index contributed by atoms with van der Waals surface area (Å²) in [4.78, 5) is 24.3. The summed E-state index contributed by atoms with van der Waals surface area (Å²) < 4.78 is 15.7. The summed E-state index contributed by atoms with van der Waals surface area (Å²) in [5.74, 6) is -1.76. The van der Waals surface area contributed by atoms with Crippen molar-refractivity contribution in [2.75, 3.05) is 14.2 Å². The number of esters is 2. The quantitative estimate of drug-likeness (QED) is 0.149. The predicted octanol–water partition coefficient (Wildman–Crippen LogP) is 4.64. The fourth-order valence-electron chi connectivity index (χ4n) is 3.02. The number of unbranched alkanes of at least 4 members (excludes halogenated alkanes) is 5. The Balaban J connectivity index is 4.92. The van der Waals surface area contributed by atoms with Crippen molar-refractivity contribution in [2.24, 2.45) is 11.8 Å². The van der Waals surface area contributed by atoms with E-state index in [0.29, 0.717) is 12.8 Å². The van der Waals surface area contributed by atoms with Gasteiger partial charge in [-0.2, -0.15) is 0 Å². The molecule has 0 radical (unpaired) electrons. The first-order valence-electron chi connectivity index (χ1n) is 9.39. The number of hydrogen-bond acceptors (Lipinski definition) is 5. The van der Waals surface area contributed by atoms with Crippen LogP contribution in [0.2, 0.25) is 0 Å². The van der Waals surface area contributed by atoms with Gasteiger partial charge in [-0.1, -0.05) is 59.0 Å². The van der Waals surface area contributed by atoms with Gasteiger partial charge in [-0.15, -0.1) is 0 Å². The van der Waals surface area contributed by atoms with Crippen LogP contribution in [-0.2, 0) is 23.8 Å². The van der Waals surface area contributed by atoms with Crippen molar-refractivity contribution in [3.63, 3.8) is 0 Å². The zero-order valence-electron chi connectivity index (χ0n) is 16.6. The third kappa shape index (κ3) is 9.17. The minimum atomic E-state index is -0.667. The van der Waals surface area contributed by atoms with E-state index in [1.54, 1.807) is 14.2 Å². The zero-order valence-corrected chi connectivity index (χ0v) is 16.6. The van der Waals surface area contributed by atoms with E-state index in [0.717, 1.165) is 19.3 Å². The van der Waals surface area contributed by atoms with Crippen molar-refractivity contribution >= 4 is 11.9 Å². The summed E-state index contributed by atoms with van der Waals surface area (Å²) in [5, 5.41) is 0. The lowest BCUT2D eigenvalue weighted by Crippen LogP contribution is -2.36. The van der Waals surface area contributed by atoms with Crippen LogP contribution in [0, 0.1) is 11.8 Å². The molecule has 0 fully saturated rings. The average Bonchev–Trinajstić information content (AvgIpc) is 2.59. The molecule has 5 heteroatoms. The molecule has 0 aromatic heterocycles. The second-order valence-corrected chi connectivity index (χ2v) is 6.56. The van der Waals surface area contributed by atoms with Gasteiger partial charge in [0.25, 0.3) is 0 Å². The van der Waals surface area contributed by atoms with Gasteiger partial charge in [0.1, 0.15) is 0 Å². The van der Waals surface area contributed by atoms with Gasteiger partial charge in [0.2, 0.25) is 0 Å². The molecule has 0 N–H and O–H groups in total. The minimum Gasteiger partial charge on any atom is -0.389 e. The summed E-state index contributed by atoms with van der Waals surface area (Å²) in [7, 11) is 3.12. The number of carbonyl (C=O) groups is 2. The molecule has 0 saturated carbocycles. The lowest BCUT2D eigenvalue weighted by Gasteiger charge is -2.29. The van der Waals surface area contributed by atoms with Crippen LogP contribution in [0.25, 0.3) is 0 Å². The van der Waals surface area contributed by atoms with Crippen molar-refractivity contribution in [2.45, 2.75) is 78.4 Å². The topological polar surface area (TPSA) is 61.8 Å². The van der Waals surface area contributed by atoms with Gasteiger partial charge < -0.3 is 14.2 Å². The largest absolute Gasteiger partial charge is 0.389 e. The molecule has 0 rings (SSSR count). The Morgan fingerprint density at radius 3 is 2.00 bits per heavy atom. The molecule has 0 aromatic carbocycles. The van der Waals surface area contributed by atoms with Crippen LogP contribution in [0.1, 0.15) is 72.1 Å². The highest BCUT2D eigenvalue weighted by atomic mass is 16.7. The standard InChI is InChI=1S/C20H36O5/c1-7-9-10-11-12-13-14-17(16(8-2)20(23-5)24-6)19(22)25-18(21)15(3)4/h16-17,20H,3,7-14H2,1-2,4-6H3. The van der Waals surface area contributed by atoms with Crippen LogP contribution in [0.4, 0.5) is 0 Å². The summed E-state index contributed by atoms with van der Waals surface area (Å²) in [6, 6.07) is 0. The summed E-state index contributed by atoms with van der Waals surface area (Å²) in [6.45, 7) is 9.23. The molecule has 2 unspecified atom stereocenters. The Bertz CT molecular complexity index is 401.